The fraction of sp³-hybridized carbons (Fsp3) is 0.800. The maximum atomic E-state index is 11.2. The summed E-state index contributed by atoms with van der Waals surface area (Å²) in [5.41, 5.74) is 1.39. The van der Waals surface area contributed by atoms with Gasteiger partial charge < -0.3 is 10.2 Å². The standard InChI is InChI=1S/C20H30O2/c1-13-7-10-20-14(13)5-6-15(20)19(3)9-4-8-18(2,12-21)16(19)11-17(20)22/h7,10,14-17,21-22H,1,4-6,8-9,11-12H2,2-3H3/t14-,15+,16-,17+,18-,19+,20-/m1/s1. The van der Waals surface area contributed by atoms with E-state index in [0.29, 0.717) is 17.8 Å². The Morgan fingerprint density at radius 2 is 2.00 bits per heavy atom. The summed E-state index contributed by atoms with van der Waals surface area (Å²) in [6, 6.07) is 0. The summed E-state index contributed by atoms with van der Waals surface area (Å²) in [5.74, 6) is 1.43. The molecule has 1 spiro atoms. The summed E-state index contributed by atoms with van der Waals surface area (Å²) in [6.07, 6.45) is 11.0. The van der Waals surface area contributed by atoms with Gasteiger partial charge in [0.2, 0.25) is 0 Å². The highest BCUT2D eigenvalue weighted by atomic mass is 16.3. The summed E-state index contributed by atoms with van der Waals surface area (Å²) >= 11 is 0. The third kappa shape index (κ3) is 1.54. The third-order valence-corrected chi connectivity index (χ3v) is 8.28. The third-order valence-electron chi connectivity index (χ3n) is 8.28. The van der Waals surface area contributed by atoms with Gasteiger partial charge >= 0.3 is 0 Å². The minimum Gasteiger partial charge on any atom is -0.396 e. The van der Waals surface area contributed by atoms with Crippen molar-refractivity contribution in [1.82, 2.24) is 0 Å². The van der Waals surface area contributed by atoms with Crippen LogP contribution in [0.4, 0.5) is 0 Å². The minimum absolute atomic E-state index is 0.0208. The Balaban J connectivity index is 1.81. The van der Waals surface area contributed by atoms with Crippen molar-refractivity contribution in [1.29, 1.82) is 0 Å². The van der Waals surface area contributed by atoms with Crippen molar-refractivity contribution in [3.8, 4) is 0 Å². The summed E-state index contributed by atoms with van der Waals surface area (Å²) in [4.78, 5) is 0. The Morgan fingerprint density at radius 3 is 2.73 bits per heavy atom. The number of fused-ring (bicyclic) bond motifs is 2. The largest absolute Gasteiger partial charge is 0.396 e. The molecule has 0 aromatic carbocycles. The van der Waals surface area contributed by atoms with Gasteiger partial charge in [-0.3, -0.25) is 0 Å². The van der Waals surface area contributed by atoms with Crippen molar-refractivity contribution in [3.63, 3.8) is 0 Å². The van der Waals surface area contributed by atoms with Gasteiger partial charge in [0.25, 0.3) is 0 Å². The molecule has 4 aliphatic carbocycles. The van der Waals surface area contributed by atoms with Crippen molar-refractivity contribution in [3.05, 3.63) is 24.3 Å². The molecule has 2 nitrogen and oxygen atoms in total. The fourth-order valence-corrected chi connectivity index (χ4v) is 7.26. The van der Waals surface area contributed by atoms with Crippen LogP contribution in [0.15, 0.2) is 24.3 Å². The molecule has 3 fully saturated rings. The zero-order valence-corrected chi connectivity index (χ0v) is 14.0. The normalized spacial score (nSPS) is 56.6. The summed E-state index contributed by atoms with van der Waals surface area (Å²) in [7, 11) is 0. The Bertz CT molecular complexity index is 538. The van der Waals surface area contributed by atoms with Crippen LogP contribution in [0.5, 0.6) is 0 Å². The summed E-state index contributed by atoms with van der Waals surface area (Å²) in [5, 5.41) is 21.2. The molecule has 22 heavy (non-hydrogen) atoms. The van der Waals surface area contributed by atoms with E-state index in [2.05, 4.69) is 32.6 Å². The van der Waals surface area contributed by atoms with Gasteiger partial charge in [-0.15, -0.1) is 0 Å². The van der Waals surface area contributed by atoms with Crippen LogP contribution in [0.25, 0.3) is 0 Å². The second-order valence-electron chi connectivity index (χ2n) is 9.07. The van der Waals surface area contributed by atoms with E-state index in [1.807, 2.05) is 0 Å². The van der Waals surface area contributed by atoms with Crippen LogP contribution in [0.1, 0.15) is 52.4 Å². The molecule has 0 heterocycles. The maximum Gasteiger partial charge on any atom is 0.0642 e. The second-order valence-corrected chi connectivity index (χ2v) is 9.07. The molecule has 3 saturated carbocycles. The first-order valence-corrected chi connectivity index (χ1v) is 9.05. The van der Waals surface area contributed by atoms with Crippen LogP contribution in [0, 0.1) is 34.0 Å². The van der Waals surface area contributed by atoms with Gasteiger partial charge in [0, 0.05) is 12.0 Å². The zero-order chi connectivity index (χ0) is 15.8. The number of hydrogen-bond acceptors (Lipinski definition) is 2. The van der Waals surface area contributed by atoms with E-state index in [1.54, 1.807) is 0 Å². The highest BCUT2D eigenvalue weighted by molar-refractivity contribution is 5.38. The average Bonchev–Trinajstić information content (AvgIpc) is 3.02. The van der Waals surface area contributed by atoms with E-state index < -0.39 is 0 Å². The van der Waals surface area contributed by atoms with Crippen molar-refractivity contribution in [2.45, 2.75) is 58.5 Å². The number of aliphatic hydroxyl groups is 2. The maximum absolute atomic E-state index is 11.2. The van der Waals surface area contributed by atoms with Gasteiger partial charge in [0.15, 0.2) is 0 Å². The van der Waals surface area contributed by atoms with Crippen LogP contribution in [-0.4, -0.2) is 22.9 Å². The number of aliphatic hydroxyl groups excluding tert-OH is 2. The molecule has 0 radical (unpaired) electrons. The first kappa shape index (κ1) is 15.0. The van der Waals surface area contributed by atoms with Gasteiger partial charge in [-0.05, 0) is 60.7 Å². The minimum atomic E-state index is -0.275. The summed E-state index contributed by atoms with van der Waals surface area (Å²) < 4.78 is 0. The zero-order valence-electron chi connectivity index (χ0n) is 14.0. The number of allylic oxidation sites excluding steroid dienone is 2. The van der Waals surface area contributed by atoms with Gasteiger partial charge in [-0.2, -0.15) is 0 Å². The molecule has 2 N–H and O–H groups in total. The van der Waals surface area contributed by atoms with Gasteiger partial charge in [0.05, 0.1) is 6.10 Å². The Kier molecular flexibility index (Phi) is 3.05. The molecule has 0 unspecified atom stereocenters. The van der Waals surface area contributed by atoms with Crippen LogP contribution in [-0.2, 0) is 0 Å². The average molecular weight is 302 g/mol. The van der Waals surface area contributed by atoms with Crippen molar-refractivity contribution in [2.75, 3.05) is 6.61 Å². The van der Waals surface area contributed by atoms with E-state index in [1.165, 1.54) is 31.3 Å². The Hall–Kier alpha value is -0.600. The molecule has 7 atom stereocenters. The first-order chi connectivity index (χ1) is 10.4. The number of hydrogen-bond donors (Lipinski definition) is 2. The molecule has 0 saturated heterocycles. The van der Waals surface area contributed by atoms with Crippen molar-refractivity contribution < 1.29 is 10.2 Å². The molecular weight excluding hydrogens is 272 g/mol. The molecule has 0 bridgehead atoms. The lowest BCUT2D eigenvalue weighted by Gasteiger charge is -2.63. The lowest BCUT2D eigenvalue weighted by molar-refractivity contribution is -0.177. The van der Waals surface area contributed by atoms with Crippen molar-refractivity contribution in [2.24, 2.45) is 34.0 Å². The van der Waals surface area contributed by atoms with Crippen LogP contribution in [0.3, 0.4) is 0 Å². The smallest absolute Gasteiger partial charge is 0.0642 e. The van der Waals surface area contributed by atoms with E-state index in [9.17, 15) is 10.2 Å². The monoisotopic (exact) mass is 302 g/mol. The van der Waals surface area contributed by atoms with Crippen LogP contribution >= 0.6 is 0 Å². The van der Waals surface area contributed by atoms with Crippen LogP contribution in [0.2, 0.25) is 0 Å². The van der Waals surface area contributed by atoms with Gasteiger partial charge in [0.1, 0.15) is 0 Å². The Labute approximate surface area is 134 Å². The fourth-order valence-electron chi connectivity index (χ4n) is 7.26. The predicted octanol–water partition coefficient (Wildman–Crippen LogP) is 3.69. The van der Waals surface area contributed by atoms with E-state index in [0.717, 1.165) is 12.8 Å². The van der Waals surface area contributed by atoms with E-state index in [-0.39, 0.29) is 29.0 Å². The lowest BCUT2D eigenvalue weighted by atomic mass is 9.42. The molecule has 0 amide bonds. The Morgan fingerprint density at radius 1 is 1.23 bits per heavy atom. The molecule has 122 valence electrons. The first-order valence-electron chi connectivity index (χ1n) is 9.05. The highest BCUT2D eigenvalue weighted by Crippen LogP contribution is 2.72. The molecule has 0 aromatic heterocycles. The predicted molar refractivity (Wildman–Crippen MR) is 88.2 cm³/mol. The quantitative estimate of drug-likeness (QED) is 0.775. The van der Waals surface area contributed by atoms with Gasteiger partial charge in [-0.25, -0.2) is 0 Å². The van der Waals surface area contributed by atoms with Crippen molar-refractivity contribution >= 4 is 0 Å². The summed E-state index contributed by atoms with van der Waals surface area (Å²) in [6.45, 7) is 9.21. The lowest BCUT2D eigenvalue weighted by Crippen LogP contribution is -2.60. The molecule has 0 aliphatic heterocycles. The number of rotatable bonds is 1. The molecule has 4 aliphatic rings. The molecular formula is C20H30O2. The topological polar surface area (TPSA) is 40.5 Å². The second kappa shape index (κ2) is 4.48. The highest BCUT2D eigenvalue weighted by Gasteiger charge is 2.68. The SMILES string of the molecule is C=C1C=C[C@@]23[C@@H]1CC[C@H]2[C@]1(C)CCC[C@](C)(CO)[C@H]1C[C@@H]3O. The molecule has 2 heteroatoms. The molecule has 4 rings (SSSR count). The van der Waals surface area contributed by atoms with Gasteiger partial charge in [-0.1, -0.05) is 44.6 Å². The molecule has 0 aromatic rings. The van der Waals surface area contributed by atoms with E-state index >= 15 is 0 Å². The van der Waals surface area contributed by atoms with Crippen LogP contribution < -0.4 is 0 Å². The van der Waals surface area contributed by atoms with E-state index in [4.69, 9.17) is 0 Å².